The van der Waals surface area contributed by atoms with E-state index in [1.54, 1.807) is 0 Å². The maximum atomic E-state index is 9.81. The Morgan fingerprint density at radius 2 is 1.94 bits per heavy atom. The summed E-state index contributed by atoms with van der Waals surface area (Å²) in [6.45, 7) is 7.78. The number of aliphatic hydroxyl groups is 1. The maximum Gasteiger partial charge on any atom is 0.0787 e. The van der Waals surface area contributed by atoms with Crippen LogP contribution in [-0.4, -0.2) is 17.7 Å². The van der Waals surface area contributed by atoms with Crippen LogP contribution in [0.5, 0.6) is 0 Å². The zero-order chi connectivity index (χ0) is 13.1. The molecule has 0 amide bonds. The van der Waals surface area contributed by atoms with Crippen LogP contribution in [0.25, 0.3) is 0 Å². The molecule has 1 unspecified atom stereocenters. The Bertz CT molecular complexity index is 371. The number of hydrogen-bond donors (Lipinski definition) is 1. The number of aliphatic hydroxyl groups excluding tert-OH is 1. The average Bonchev–Trinajstić information content (AvgIpc) is 2.87. The van der Waals surface area contributed by atoms with Gasteiger partial charge in [0.15, 0.2) is 0 Å². The van der Waals surface area contributed by atoms with Gasteiger partial charge >= 0.3 is 0 Å². The van der Waals surface area contributed by atoms with E-state index in [9.17, 15) is 5.11 Å². The molecule has 1 fully saturated rings. The first kappa shape index (κ1) is 13.4. The van der Waals surface area contributed by atoms with E-state index in [-0.39, 0.29) is 6.10 Å². The molecule has 0 aromatic heterocycles. The first-order valence-electron chi connectivity index (χ1n) is 7.18. The third-order valence-corrected chi connectivity index (χ3v) is 4.06. The molecule has 0 spiro atoms. The molecule has 0 saturated carbocycles. The van der Waals surface area contributed by atoms with E-state index < -0.39 is 0 Å². The van der Waals surface area contributed by atoms with Crippen molar-refractivity contribution in [3.63, 3.8) is 0 Å². The van der Waals surface area contributed by atoms with Crippen molar-refractivity contribution in [2.24, 2.45) is 5.92 Å². The summed E-state index contributed by atoms with van der Waals surface area (Å²) in [6, 6.07) is 9.13. The molecule has 2 heteroatoms. The van der Waals surface area contributed by atoms with Crippen LogP contribution in [0, 0.1) is 5.92 Å². The zero-order valence-corrected chi connectivity index (χ0v) is 11.8. The molecule has 0 bridgehead atoms. The van der Waals surface area contributed by atoms with Crippen LogP contribution in [0.1, 0.15) is 51.7 Å². The van der Waals surface area contributed by atoms with Crippen LogP contribution in [0.15, 0.2) is 24.3 Å². The van der Waals surface area contributed by atoms with E-state index in [0.29, 0.717) is 12.0 Å². The molecule has 0 aliphatic carbocycles. The Labute approximate surface area is 111 Å². The van der Waals surface area contributed by atoms with E-state index in [2.05, 4.69) is 43.0 Å². The van der Waals surface area contributed by atoms with Gasteiger partial charge in [-0.25, -0.2) is 0 Å². The van der Waals surface area contributed by atoms with E-state index in [1.807, 2.05) is 6.92 Å². The molecule has 1 aliphatic heterocycles. The van der Waals surface area contributed by atoms with Gasteiger partial charge in [-0.15, -0.1) is 0 Å². The fourth-order valence-corrected chi connectivity index (χ4v) is 2.93. The van der Waals surface area contributed by atoms with Crippen LogP contribution in [-0.2, 0) is 0 Å². The van der Waals surface area contributed by atoms with Gasteiger partial charge in [-0.2, -0.15) is 0 Å². The highest BCUT2D eigenvalue weighted by Gasteiger charge is 2.27. The van der Waals surface area contributed by atoms with Crippen LogP contribution >= 0.6 is 0 Å². The van der Waals surface area contributed by atoms with Crippen molar-refractivity contribution in [2.45, 2.75) is 52.2 Å². The summed E-state index contributed by atoms with van der Waals surface area (Å²) in [5.74, 6) is 0.702. The standard InChI is InChI=1S/C16H25NO/c1-4-16(18)13-7-9-14(10-8-13)17-11-5-6-15(17)12(2)3/h7-10,12,15-16,18H,4-6,11H2,1-3H3/t15?,16-/m0/s1. The Morgan fingerprint density at radius 3 is 2.50 bits per heavy atom. The Kier molecular flexibility index (Phi) is 4.28. The lowest BCUT2D eigenvalue weighted by Gasteiger charge is -2.30. The molecule has 1 aromatic carbocycles. The first-order chi connectivity index (χ1) is 8.63. The highest BCUT2D eigenvalue weighted by molar-refractivity contribution is 5.50. The van der Waals surface area contributed by atoms with Gasteiger partial charge in [0.2, 0.25) is 0 Å². The van der Waals surface area contributed by atoms with Gasteiger partial charge in [-0.1, -0.05) is 32.9 Å². The van der Waals surface area contributed by atoms with E-state index in [0.717, 1.165) is 12.0 Å². The summed E-state index contributed by atoms with van der Waals surface area (Å²) >= 11 is 0. The van der Waals surface area contributed by atoms with Gasteiger partial charge in [0.25, 0.3) is 0 Å². The summed E-state index contributed by atoms with van der Waals surface area (Å²) in [5, 5.41) is 9.81. The lowest BCUT2D eigenvalue weighted by atomic mass is 10.0. The molecule has 2 rings (SSSR count). The highest BCUT2D eigenvalue weighted by Crippen LogP contribution is 2.30. The molecule has 2 atom stereocenters. The molecule has 0 radical (unpaired) electrons. The minimum atomic E-state index is -0.321. The fraction of sp³-hybridized carbons (Fsp3) is 0.625. The van der Waals surface area contributed by atoms with Crippen molar-refractivity contribution < 1.29 is 5.11 Å². The fourth-order valence-electron chi connectivity index (χ4n) is 2.93. The van der Waals surface area contributed by atoms with Crippen molar-refractivity contribution in [1.29, 1.82) is 0 Å². The van der Waals surface area contributed by atoms with Crippen LogP contribution in [0.2, 0.25) is 0 Å². The van der Waals surface area contributed by atoms with Gasteiger partial charge in [0.05, 0.1) is 6.10 Å². The minimum Gasteiger partial charge on any atom is -0.388 e. The topological polar surface area (TPSA) is 23.5 Å². The van der Waals surface area contributed by atoms with Crippen molar-refractivity contribution in [3.8, 4) is 0 Å². The smallest absolute Gasteiger partial charge is 0.0787 e. The van der Waals surface area contributed by atoms with E-state index in [1.165, 1.54) is 25.1 Å². The largest absolute Gasteiger partial charge is 0.388 e. The molecule has 1 heterocycles. The molecule has 1 aliphatic rings. The lowest BCUT2D eigenvalue weighted by molar-refractivity contribution is 0.173. The second-order valence-corrected chi connectivity index (χ2v) is 5.66. The van der Waals surface area contributed by atoms with Crippen molar-refractivity contribution >= 4 is 5.69 Å². The second-order valence-electron chi connectivity index (χ2n) is 5.66. The summed E-state index contributed by atoms with van der Waals surface area (Å²) in [4.78, 5) is 2.52. The van der Waals surface area contributed by atoms with Crippen molar-refractivity contribution in [3.05, 3.63) is 29.8 Å². The van der Waals surface area contributed by atoms with Gasteiger partial charge in [0.1, 0.15) is 0 Å². The summed E-state index contributed by atoms with van der Waals surface area (Å²) < 4.78 is 0. The van der Waals surface area contributed by atoms with Crippen LogP contribution in [0.3, 0.4) is 0 Å². The molecule has 2 nitrogen and oxygen atoms in total. The molecule has 1 aromatic rings. The SMILES string of the molecule is CC[C@H](O)c1ccc(N2CCCC2C(C)C)cc1. The molecule has 1 saturated heterocycles. The summed E-state index contributed by atoms with van der Waals surface area (Å²) in [7, 11) is 0. The highest BCUT2D eigenvalue weighted by atomic mass is 16.3. The number of anilines is 1. The predicted octanol–water partition coefficient (Wildman–Crippen LogP) is 3.75. The van der Waals surface area contributed by atoms with Crippen molar-refractivity contribution in [2.75, 3.05) is 11.4 Å². The third-order valence-electron chi connectivity index (χ3n) is 4.06. The molecule has 18 heavy (non-hydrogen) atoms. The maximum absolute atomic E-state index is 9.81. The normalized spacial score (nSPS) is 21.6. The summed E-state index contributed by atoms with van der Waals surface area (Å²) in [5.41, 5.74) is 2.33. The Morgan fingerprint density at radius 1 is 1.28 bits per heavy atom. The van der Waals surface area contributed by atoms with Crippen molar-refractivity contribution in [1.82, 2.24) is 0 Å². The molecular formula is C16H25NO. The quantitative estimate of drug-likeness (QED) is 0.875. The Balaban J connectivity index is 2.14. The van der Waals surface area contributed by atoms with E-state index >= 15 is 0 Å². The van der Waals surface area contributed by atoms with Gasteiger partial charge < -0.3 is 10.0 Å². The number of benzene rings is 1. The Hall–Kier alpha value is -1.02. The van der Waals surface area contributed by atoms with E-state index in [4.69, 9.17) is 0 Å². The predicted molar refractivity (Wildman–Crippen MR) is 76.9 cm³/mol. The van der Waals surface area contributed by atoms with Gasteiger partial charge in [0, 0.05) is 18.3 Å². The number of hydrogen-bond acceptors (Lipinski definition) is 2. The van der Waals surface area contributed by atoms with Gasteiger partial charge in [-0.3, -0.25) is 0 Å². The number of rotatable bonds is 4. The minimum absolute atomic E-state index is 0.321. The third kappa shape index (κ3) is 2.69. The monoisotopic (exact) mass is 247 g/mol. The zero-order valence-electron chi connectivity index (χ0n) is 11.8. The second kappa shape index (κ2) is 5.75. The number of nitrogens with zero attached hydrogens (tertiary/aromatic N) is 1. The molecule has 1 N–H and O–H groups in total. The first-order valence-corrected chi connectivity index (χ1v) is 7.18. The molecular weight excluding hydrogens is 222 g/mol. The van der Waals surface area contributed by atoms with Crippen LogP contribution < -0.4 is 4.90 Å². The van der Waals surface area contributed by atoms with Gasteiger partial charge in [-0.05, 0) is 42.9 Å². The molecule has 100 valence electrons. The van der Waals surface area contributed by atoms with Crippen LogP contribution in [0.4, 0.5) is 5.69 Å². The average molecular weight is 247 g/mol. The summed E-state index contributed by atoms with van der Waals surface area (Å²) in [6.07, 6.45) is 3.05. The lowest BCUT2D eigenvalue weighted by Crippen LogP contribution is -2.33.